The van der Waals surface area contributed by atoms with Crippen LogP contribution in [0.2, 0.25) is 0 Å². The smallest absolute Gasteiger partial charge is 0.206 e. The molecule has 7 heteroatoms. The first kappa shape index (κ1) is 22.2. The molecule has 0 aliphatic carbocycles. The van der Waals surface area contributed by atoms with Crippen LogP contribution in [0.3, 0.4) is 0 Å². The lowest BCUT2D eigenvalue weighted by atomic mass is 9.89. The Hall–Kier alpha value is -3.61. The molecule has 2 aromatic carbocycles. The average Bonchev–Trinajstić information content (AvgIpc) is 3.39. The zero-order chi connectivity index (χ0) is 23.9. The normalized spacial score (nSPS) is 20.1. The third kappa shape index (κ3) is 4.18. The largest absolute Gasteiger partial charge is 0.495 e. The van der Waals surface area contributed by atoms with Crippen molar-refractivity contribution in [3.8, 4) is 11.4 Å². The summed E-state index contributed by atoms with van der Waals surface area (Å²) in [5.41, 5.74) is 4.63. The van der Waals surface area contributed by atoms with Gasteiger partial charge in [-0.15, -0.1) is 0 Å². The van der Waals surface area contributed by atoms with Gasteiger partial charge in [0.25, 0.3) is 0 Å². The number of aromatic nitrogens is 2. The Morgan fingerprint density at radius 1 is 1.21 bits per heavy atom. The maximum atomic E-state index is 13.4. The Balaban J connectivity index is 1.43. The fourth-order valence-electron chi connectivity index (χ4n) is 4.86. The molecule has 0 saturated carbocycles. The fourth-order valence-corrected chi connectivity index (χ4v) is 4.86. The molecule has 1 saturated heterocycles. The highest BCUT2D eigenvalue weighted by molar-refractivity contribution is 6.03. The van der Waals surface area contributed by atoms with Gasteiger partial charge >= 0.3 is 0 Å². The van der Waals surface area contributed by atoms with E-state index in [1.54, 1.807) is 13.4 Å². The van der Waals surface area contributed by atoms with E-state index in [-0.39, 0.29) is 11.9 Å². The molecule has 1 fully saturated rings. The van der Waals surface area contributed by atoms with Gasteiger partial charge in [-0.1, -0.05) is 23.4 Å². The monoisotopic (exact) mass is 460 g/mol. The van der Waals surface area contributed by atoms with Crippen molar-refractivity contribution < 1.29 is 14.0 Å². The molecule has 2 aliphatic heterocycles. The minimum Gasteiger partial charge on any atom is -0.495 e. The first-order valence-corrected chi connectivity index (χ1v) is 11.5. The fraction of sp³-hybridized carbons (Fsp3) is 0.333. The number of nitrogens with zero attached hydrogens (tertiary/aromatic N) is 4. The van der Waals surface area contributed by atoms with E-state index in [2.05, 4.69) is 27.2 Å². The molecule has 0 bridgehead atoms. The Morgan fingerprint density at radius 2 is 2.00 bits per heavy atom. The minimum atomic E-state index is -0.541. The highest BCUT2D eigenvalue weighted by Gasteiger charge is 2.45. The number of rotatable bonds is 5. The van der Waals surface area contributed by atoms with Gasteiger partial charge in [-0.3, -0.25) is 0 Å². The van der Waals surface area contributed by atoms with Crippen molar-refractivity contribution >= 4 is 11.9 Å². The second kappa shape index (κ2) is 8.63. The first-order valence-electron chi connectivity index (χ1n) is 11.5. The van der Waals surface area contributed by atoms with Gasteiger partial charge in [0, 0.05) is 12.2 Å². The molecule has 0 spiro atoms. The van der Waals surface area contributed by atoms with Crippen molar-refractivity contribution in [2.24, 2.45) is 5.16 Å². The number of imidazole rings is 1. The molecule has 176 valence electrons. The molecular formula is C27H29FN4O2. The summed E-state index contributed by atoms with van der Waals surface area (Å²) in [6, 6.07) is 13.1. The number of hydrogen-bond donors (Lipinski definition) is 0. The first-order chi connectivity index (χ1) is 16.3. The molecule has 0 amide bonds. The second-order valence-corrected chi connectivity index (χ2v) is 9.37. The van der Waals surface area contributed by atoms with Crippen LogP contribution in [0.4, 0.5) is 4.39 Å². The highest BCUT2D eigenvalue weighted by Crippen LogP contribution is 2.38. The van der Waals surface area contributed by atoms with Crippen LogP contribution in [0.15, 0.2) is 65.7 Å². The van der Waals surface area contributed by atoms with E-state index >= 15 is 0 Å². The summed E-state index contributed by atoms with van der Waals surface area (Å²) in [7, 11) is 1.68. The Kier molecular flexibility index (Phi) is 5.63. The number of oxime groups is 1. The Bertz CT molecular complexity index is 1260. The molecule has 3 heterocycles. The lowest BCUT2D eigenvalue weighted by molar-refractivity contribution is -0.0846. The maximum absolute atomic E-state index is 13.4. The second-order valence-electron chi connectivity index (χ2n) is 9.37. The van der Waals surface area contributed by atoms with E-state index in [0.29, 0.717) is 0 Å². The summed E-state index contributed by atoms with van der Waals surface area (Å²) < 4.78 is 21.0. The maximum Gasteiger partial charge on any atom is 0.206 e. The molecule has 0 unspecified atom stereocenters. The molecular weight excluding hydrogens is 431 g/mol. The zero-order valence-electron chi connectivity index (χ0n) is 20.0. The number of hydrogen-bond acceptors (Lipinski definition) is 5. The van der Waals surface area contributed by atoms with Crippen molar-refractivity contribution in [3.05, 3.63) is 83.2 Å². The number of halogens is 1. The lowest BCUT2D eigenvalue weighted by Gasteiger charge is -2.42. The molecule has 5 rings (SSSR count). The van der Waals surface area contributed by atoms with Crippen molar-refractivity contribution in [3.63, 3.8) is 0 Å². The number of ether oxygens (including phenoxy) is 1. The third-order valence-corrected chi connectivity index (χ3v) is 6.48. The Morgan fingerprint density at radius 3 is 2.71 bits per heavy atom. The molecule has 1 atom stereocenters. The van der Waals surface area contributed by atoms with Crippen LogP contribution in [0.5, 0.6) is 5.75 Å². The molecule has 34 heavy (non-hydrogen) atoms. The van der Waals surface area contributed by atoms with Gasteiger partial charge < -0.3 is 19.0 Å². The predicted octanol–water partition coefficient (Wildman–Crippen LogP) is 5.50. The van der Waals surface area contributed by atoms with E-state index in [1.807, 2.05) is 55.8 Å². The number of aryl methyl sites for hydroxylation is 1. The quantitative estimate of drug-likeness (QED) is 0.505. The summed E-state index contributed by atoms with van der Waals surface area (Å²) in [5, 5.41) is 4.48. The summed E-state index contributed by atoms with van der Waals surface area (Å²) in [4.78, 5) is 12.4. The van der Waals surface area contributed by atoms with Gasteiger partial charge in [-0.05, 0) is 87.1 Å². The van der Waals surface area contributed by atoms with Crippen LogP contribution in [0, 0.1) is 12.7 Å². The van der Waals surface area contributed by atoms with Crippen LogP contribution >= 0.6 is 0 Å². The molecule has 0 radical (unpaired) electrons. The van der Waals surface area contributed by atoms with Crippen LogP contribution < -0.4 is 4.74 Å². The molecule has 2 aliphatic rings. The van der Waals surface area contributed by atoms with Gasteiger partial charge in [-0.2, -0.15) is 0 Å². The van der Waals surface area contributed by atoms with Crippen molar-refractivity contribution in [2.75, 3.05) is 7.11 Å². The third-order valence-electron chi connectivity index (χ3n) is 6.48. The number of fused-ring (bicyclic) bond motifs is 1. The van der Waals surface area contributed by atoms with E-state index in [9.17, 15) is 4.39 Å². The zero-order valence-corrected chi connectivity index (χ0v) is 20.0. The number of methoxy groups -OCH3 is 1. The standard InChI is InChI=1S/C27H29FN4O2/c1-18-16-31(17-29-18)24-12-7-20(15-25(24)33-4)13-21-8-11-23(14-19-5-9-22(28)10-6-19)32-26(21)30-34-27(32,2)3/h5-7,9-10,12-13,15-17,23H,8,11,14H2,1-4H3/t23-/m0/s1. The van der Waals surface area contributed by atoms with Crippen LogP contribution in [0.25, 0.3) is 11.8 Å². The lowest BCUT2D eigenvalue weighted by Crippen LogP contribution is -2.53. The average molecular weight is 461 g/mol. The van der Waals surface area contributed by atoms with Gasteiger partial charge in [0.15, 0.2) is 5.84 Å². The number of amidine groups is 1. The summed E-state index contributed by atoms with van der Waals surface area (Å²) >= 11 is 0. The van der Waals surface area contributed by atoms with E-state index in [4.69, 9.17) is 9.57 Å². The van der Waals surface area contributed by atoms with Crippen LogP contribution in [0.1, 0.15) is 43.5 Å². The van der Waals surface area contributed by atoms with E-state index < -0.39 is 5.72 Å². The van der Waals surface area contributed by atoms with E-state index in [1.165, 1.54) is 12.1 Å². The SMILES string of the molecule is COc1cc(C=C2CC[C@@H](Cc3ccc(F)cc3)N3C2=NOC3(C)C)ccc1-n1cnc(C)c1. The van der Waals surface area contributed by atoms with Crippen molar-refractivity contribution in [2.45, 2.75) is 51.8 Å². The van der Waals surface area contributed by atoms with Crippen molar-refractivity contribution in [1.82, 2.24) is 14.5 Å². The topological polar surface area (TPSA) is 51.9 Å². The molecule has 6 nitrogen and oxygen atoms in total. The summed E-state index contributed by atoms with van der Waals surface area (Å²) in [5.74, 6) is 1.43. The summed E-state index contributed by atoms with van der Waals surface area (Å²) in [6.07, 6.45) is 8.58. The molecule has 3 aromatic rings. The molecule has 1 aromatic heterocycles. The van der Waals surface area contributed by atoms with Gasteiger partial charge in [0.1, 0.15) is 11.6 Å². The number of piperidine rings is 1. The predicted molar refractivity (Wildman–Crippen MR) is 130 cm³/mol. The minimum absolute atomic E-state index is 0.214. The van der Waals surface area contributed by atoms with Gasteiger partial charge in [-0.25, -0.2) is 9.37 Å². The van der Waals surface area contributed by atoms with Gasteiger partial charge in [0.2, 0.25) is 5.72 Å². The number of benzene rings is 2. The summed E-state index contributed by atoms with van der Waals surface area (Å²) in [6.45, 7) is 6.04. The van der Waals surface area contributed by atoms with E-state index in [0.717, 1.165) is 58.9 Å². The highest BCUT2D eigenvalue weighted by atomic mass is 19.1. The van der Waals surface area contributed by atoms with Crippen LogP contribution in [-0.2, 0) is 11.3 Å². The van der Waals surface area contributed by atoms with Gasteiger partial charge in [0.05, 0.1) is 24.8 Å². The Labute approximate surface area is 199 Å². The molecule has 0 N–H and O–H groups in total. The van der Waals surface area contributed by atoms with Crippen LogP contribution in [-0.4, -0.2) is 39.2 Å². The van der Waals surface area contributed by atoms with Crippen molar-refractivity contribution in [1.29, 1.82) is 0 Å².